The van der Waals surface area contributed by atoms with E-state index < -0.39 is 0 Å². The molecule has 1 aromatic carbocycles. The zero-order valence-electron chi connectivity index (χ0n) is 10.2. The first-order valence-electron chi connectivity index (χ1n) is 6.19. The maximum atomic E-state index is 13.8. The van der Waals surface area contributed by atoms with Crippen LogP contribution in [-0.4, -0.2) is 12.2 Å². The first kappa shape index (κ1) is 11.3. The van der Waals surface area contributed by atoms with E-state index in [1.165, 1.54) is 6.07 Å². The van der Waals surface area contributed by atoms with Gasteiger partial charge in [-0.25, -0.2) is 4.39 Å². The smallest absolute Gasteiger partial charge is 0.227 e. The van der Waals surface area contributed by atoms with Crippen LogP contribution < -0.4 is 5.32 Å². The molecule has 1 N–H and O–H groups in total. The summed E-state index contributed by atoms with van der Waals surface area (Å²) in [7, 11) is 1.81. The fraction of sp³-hybridized carbons (Fsp3) is 0.357. The average molecular weight is 246 g/mol. The predicted molar refractivity (Wildman–Crippen MR) is 67.2 cm³/mol. The van der Waals surface area contributed by atoms with Gasteiger partial charge in [-0.05, 0) is 36.8 Å². The highest BCUT2D eigenvalue weighted by Crippen LogP contribution is 2.36. The topological polar surface area (TPSA) is 38.1 Å². The fourth-order valence-electron chi connectivity index (χ4n) is 2.68. The summed E-state index contributed by atoms with van der Waals surface area (Å²) in [5.74, 6) is 0.810. The maximum Gasteiger partial charge on any atom is 0.227 e. The van der Waals surface area contributed by atoms with E-state index in [2.05, 4.69) is 10.5 Å². The lowest BCUT2D eigenvalue weighted by molar-refractivity contribution is 0.423. The molecule has 0 amide bonds. The van der Waals surface area contributed by atoms with E-state index in [9.17, 15) is 4.39 Å². The van der Waals surface area contributed by atoms with E-state index in [0.29, 0.717) is 5.88 Å². The number of anilines is 1. The normalized spacial score (nSPS) is 18.4. The third-order valence-corrected chi connectivity index (χ3v) is 3.62. The standard InChI is InChI=1S/C14H15FN2O/c1-16-14-11-8-9(6-7-13(11)17-18-14)10-4-2-3-5-12(10)15/h2-5,9,16H,6-8H2,1H3. The van der Waals surface area contributed by atoms with Crippen LogP contribution in [0.3, 0.4) is 0 Å². The number of benzene rings is 1. The quantitative estimate of drug-likeness (QED) is 0.884. The molecule has 3 rings (SSSR count). The highest BCUT2D eigenvalue weighted by molar-refractivity contribution is 5.46. The van der Waals surface area contributed by atoms with Crippen molar-refractivity contribution >= 4 is 5.88 Å². The summed E-state index contributed by atoms with van der Waals surface area (Å²) in [6.07, 6.45) is 2.55. The third-order valence-electron chi connectivity index (χ3n) is 3.62. The second kappa shape index (κ2) is 4.44. The molecule has 1 heterocycles. The molecule has 1 aliphatic carbocycles. The van der Waals surface area contributed by atoms with Crippen molar-refractivity contribution in [3.05, 3.63) is 46.9 Å². The largest absolute Gasteiger partial charge is 0.357 e. The Morgan fingerprint density at radius 3 is 3.00 bits per heavy atom. The van der Waals surface area contributed by atoms with Crippen LogP contribution in [0.15, 0.2) is 28.8 Å². The third kappa shape index (κ3) is 1.78. The van der Waals surface area contributed by atoms with Crippen molar-refractivity contribution in [3.63, 3.8) is 0 Å². The van der Waals surface area contributed by atoms with Gasteiger partial charge in [0.25, 0.3) is 0 Å². The average Bonchev–Trinajstić information content (AvgIpc) is 2.81. The molecule has 4 heteroatoms. The highest BCUT2D eigenvalue weighted by Gasteiger charge is 2.27. The Morgan fingerprint density at radius 1 is 1.39 bits per heavy atom. The number of aryl methyl sites for hydroxylation is 1. The van der Waals surface area contributed by atoms with Crippen LogP contribution in [-0.2, 0) is 12.8 Å². The molecule has 0 bridgehead atoms. The van der Waals surface area contributed by atoms with Gasteiger partial charge in [-0.2, -0.15) is 0 Å². The van der Waals surface area contributed by atoms with Crippen molar-refractivity contribution in [2.75, 3.05) is 12.4 Å². The Bertz CT molecular complexity index is 551. The first-order chi connectivity index (χ1) is 8.79. The summed E-state index contributed by atoms with van der Waals surface area (Å²) < 4.78 is 19.0. The number of nitrogens with one attached hydrogen (secondary N) is 1. The first-order valence-corrected chi connectivity index (χ1v) is 6.19. The van der Waals surface area contributed by atoms with E-state index in [-0.39, 0.29) is 11.7 Å². The van der Waals surface area contributed by atoms with Crippen LogP contribution in [0.1, 0.15) is 29.2 Å². The number of hydrogen-bond donors (Lipinski definition) is 1. The summed E-state index contributed by atoms with van der Waals surface area (Å²) in [6.45, 7) is 0. The van der Waals surface area contributed by atoms with Crippen molar-refractivity contribution in [1.82, 2.24) is 5.16 Å². The zero-order chi connectivity index (χ0) is 12.5. The molecule has 2 aromatic rings. The van der Waals surface area contributed by atoms with E-state index in [1.54, 1.807) is 6.07 Å². The monoisotopic (exact) mass is 246 g/mol. The maximum absolute atomic E-state index is 13.8. The Hall–Kier alpha value is -1.84. The van der Waals surface area contributed by atoms with Gasteiger partial charge in [-0.15, -0.1) is 0 Å². The molecule has 0 radical (unpaired) electrons. The van der Waals surface area contributed by atoms with Crippen molar-refractivity contribution in [2.24, 2.45) is 0 Å². The molecule has 0 spiro atoms. The number of nitrogens with zero attached hydrogens (tertiary/aromatic N) is 1. The van der Waals surface area contributed by atoms with Crippen molar-refractivity contribution in [3.8, 4) is 0 Å². The number of halogens is 1. The molecule has 1 aliphatic rings. The van der Waals surface area contributed by atoms with Crippen molar-refractivity contribution in [1.29, 1.82) is 0 Å². The predicted octanol–water partition coefficient (Wildman–Crippen LogP) is 3.13. The lowest BCUT2D eigenvalue weighted by atomic mass is 9.82. The summed E-state index contributed by atoms with van der Waals surface area (Å²) in [6, 6.07) is 7.01. The zero-order valence-corrected chi connectivity index (χ0v) is 10.2. The molecule has 94 valence electrons. The van der Waals surface area contributed by atoms with Gasteiger partial charge in [0.15, 0.2) is 0 Å². The van der Waals surface area contributed by atoms with Gasteiger partial charge < -0.3 is 9.84 Å². The van der Waals surface area contributed by atoms with Gasteiger partial charge in [0.05, 0.1) is 5.69 Å². The SMILES string of the molecule is CNc1onc2c1CC(c1ccccc1F)CC2. The van der Waals surface area contributed by atoms with Crippen LogP contribution in [0.5, 0.6) is 0 Å². The van der Waals surface area contributed by atoms with Gasteiger partial charge in [0, 0.05) is 12.6 Å². The minimum atomic E-state index is -0.117. The molecule has 0 saturated heterocycles. The van der Waals surface area contributed by atoms with E-state index in [1.807, 2.05) is 19.2 Å². The van der Waals surface area contributed by atoms with Crippen molar-refractivity contribution in [2.45, 2.75) is 25.2 Å². The number of hydrogen-bond acceptors (Lipinski definition) is 3. The number of rotatable bonds is 2. The van der Waals surface area contributed by atoms with Gasteiger partial charge in [0.1, 0.15) is 5.82 Å². The van der Waals surface area contributed by atoms with Crippen LogP contribution in [0, 0.1) is 5.82 Å². The minimum Gasteiger partial charge on any atom is -0.357 e. The van der Waals surface area contributed by atoms with Gasteiger partial charge in [-0.1, -0.05) is 23.4 Å². The van der Waals surface area contributed by atoms with Crippen LogP contribution >= 0.6 is 0 Å². The van der Waals surface area contributed by atoms with Crippen LogP contribution in [0.25, 0.3) is 0 Å². The summed E-state index contributed by atoms with van der Waals surface area (Å²) in [4.78, 5) is 0. The fourth-order valence-corrected chi connectivity index (χ4v) is 2.68. The number of fused-ring (bicyclic) bond motifs is 1. The second-order valence-corrected chi connectivity index (χ2v) is 4.65. The van der Waals surface area contributed by atoms with Gasteiger partial charge in [0.2, 0.25) is 5.88 Å². The molecule has 1 unspecified atom stereocenters. The van der Waals surface area contributed by atoms with E-state index in [0.717, 1.165) is 36.1 Å². The molecule has 3 nitrogen and oxygen atoms in total. The van der Waals surface area contributed by atoms with Gasteiger partial charge in [-0.3, -0.25) is 0 Å². The van der Waals surface area contributed by atoms with E-state index in [4.69, 9.17) is 4.52 Å². The Labute approximate surface area is 105 Å². The molecule has 18 heavy (non-hydrogen) atoms. The lowest BCUT2D eigenvalue weighted by Gasteiger charge is -2.22. The van der Waals surface area contributed by atoms with E-state index >= 15 is 0 Å². The Morgan fingerprint density at radius 2 is 2.22 bits per heavy atom. The summed E-state index contributed by atoms with van der Waals surface area (Å²) >= 11 is 0. The molecule has 1 aromatic heterocycles. The van der Waals surface area contributed by atoms with Crippen LogP contribution in [0.4, 0.5) is 10.3 Å². The second-order valence-electron chi connectivity index (χ2n) is 4.65. The molecule has 0 saturated carbocycles. The molecule has 1 atom stereocenters. The molecule has 0 aliphatic heterocycles. The summed E-state index contributed by atoms with van der Waals surface area (Å²) in [5, 5.41) is 7.05. The van der Waals surface area contributed by atoms with Crippen molar-refractivity contribution < 1.29 is 8.91 Å². The number of aromatic nitrogens is 1. The molecular formula is C14H15FN2O. The van der Waals surface area contributed by atoms with Gasteiger partial charge >= 0.3 is 0 Å². The highest BCUT2D eigenvalue weighted by atomic mass is 19.1. The Balaban J connectivity index is 1.93. The molecular weight excluding hydrogens is 231 g/mol. The Kier molecular flexibility index (Phi) is 2.78. The molecule has 0 fully saturated rings. The minimum absolute atomic E-state index is 0.117. The summed E-state index contributed by atoms with van der Waals surface area (Å²) in [5.41, 5.74) is 2.90. The lowest BCUT2D eigenvalue weighted by Crippen LogP contribution is -2.14. The van der Waals surface area contributed by atoms with Crippen LogP contribution in [0.2, 0.25) is 0 Å².